The average molecular weight is 226 g/mol. The highest BCUT2D eigenvalue weighted by molar-refractivity contribution is 6.05. The number of aromatic nitrogens is 2. The fourth-order valence-electron chi connectivity index (χ4n) is 1.33. The number of ketones is 1. The second kappa shape index (κ2) is 5.03. The Labute approximate surface area is 98.5 Å². The Morgan fingerprint density at radius 1 is 1.24 bits per heavy atom. The molecule has 0 unspecified atom stereocenters. The molecule has 0 amide bonds. The van der Waals surface area contributed by atoms with E-state index in [0.29, 0.717) is 16.1 Å². The van der Waals surface area contributed by atoms with Crippen LogP contribution in [0.15, 0.2) is 54.9 Å². The van der Waals surface area contributed by atoms with E-state index in [-0.39, 0.29) is 5.78 Å². The Balaban J connectivity index is 2.17. The molecule has 17 heavy (non-hydrogen) atoms. The van der Waals surface area contributed by atoms with Crippen LogP contribution in [-0.2, 0) is 0 Å². The summed E-state index contributed by atoms with van der Waals surface area (Å²) in [6.45, 7) is 0. The van der Waals surface area contributed by atoms with Crippen LogP contribution in [0.3, 0.4) is 0 Å². The molecular formula is C13H10N2O2. The molecule has 2 aromatic rings. The predicted molar refractivity (Wildman–Crippen MR) is 63.0 cm³/mol. The zero-order chi connectivity index (χ0) is 12.1. The van der Waals surface area contributed by atoms with Crippen LogP contribution in [0, 0.1) is 5.21 Å². The molecule has 0 aliphatic rings. The quantitative estimate of drug-likeness (QED) is 0.346. The van der Waals surface area contributed by atoms with Gasteiger partial charge in [-0.1, -0.05) is 6.07 Å². The number of allylic oxidation sites excluding steroid dienone is 1. The number of pyridine rings is 2. The fraction of sp³-hybridized carbons (Fsp3) is 0. The second-order valence-corrected chi connectivity index (χ2v) is 3.36. The van der Waals surface area contributed by atoms with Gasteiger partial charge in [0.2, 0.25) is 11.5 Å². The van der Waals surface area contributed by atoms with Crippen molar-refractivity contribution in [2.45, 2.75) is 0 Å². The first-order chi connectivity index (χ1) is 8.27. The van der Waals surface area contributed by atoms with Crippen LogP contribution < -0.4 is 4.73 Å². The average Bonchev–Trinajstić information content (AvgIpc) is 2.38. The Hall–Kier alpha value is -2.49. The number of rotatable bonds is 3. The molecule has 0 atom stereocenters. The Bertz CT molecular complexity index is 550. The van der Waals surface area contributed by atoms with Gasteiger partial charge in [0.1, 0.15) is 5.69 Å². The third kappa shape index (κ3) is 2.75. The van der Waals surface area contributed by atoms with Gasteiger partial charge in [-0.25, -0.2) is 0 Å². The highest BCUT2D eigenvalue weighted by Gasteiger charge is 2.03. The van der Waals surface area contributed by atoms with Crippen LogP contribution in [0.2, 0.25) is 0 Å². The van der Waals surface area contributed by atoms with Crippen molar-refractivity contribution in [2.24, 2.45) is 0 Å². The van der Waals surface area contributed by atoms with E-state index in [1.165, 1.54) is 18.3 Å². The molecule has 0 fully saturated rings. The topological polar surface area (TPSA) is 56.9 Å². The minimum Gasteiger partial charge on any atom is -0.618 e. The maximum Gasteiger partial charge on any atom is 0.216 e. The van der Waals surface area contributed by atoms with Crippen molar-refractivity contribution in [3.63, 3.8) is 0 Å². The summed E-state index contributed by atoms with van der Waals surface area (Å²) in [6, 6.07) is 10.1. The maximum atomic E-state index is 11.7. The molecule has 0 spiro atoms. The molecule has 0 aliphatic heterocycles. The molecular weight excluding hydrogens is 216 g/mol. The molecule has 0 N–H and O–H groups in total. The second-order valence-electron chi connectivity index (χ2n) is 3.36. The SMILES string of the molecule is O=C(/C=C/c1cccc[n+]1[O-])c1ccccn1. The van der Waals surface area contributed by atoms with Gasteiger partial charge in [0.25, 0.3) is 0 Å². The first-order valence-corrected chi connectivity index (χ1v) is 5.09. The van der Waals surface area contributed by atoms with Crippen molar-refractivity contribution >= 4 is 11.9 Å². The number of hydrogen-bond donors (Lipinski definition) is 0. The molecule has 4 heteroatoms. The molecule has 4 nitrogen and oxygen atoms in total. The third-order valence-electron chi connectivity index (χ3n) is 2.18. The van der Waals surface area contributed by atoms with E-state index >= 15 is 0 Å². The molecule has 0 radical (unpaired) electrons. The lowest BCUT2D eigenvalue weighted by atomic mass is 10.2. The summed E-state index contributed by atoms with van der Waals surface area (Å²) < 4.78 is 0.697. The number of carbonyl (C=O) groups is 1. The molecule has 0 aromatic carbocycles. The van der Waals surface area contributed by atoms with Gasteiger partial charge >= 0.3 is 0 Å². The summed E-state index contributed by atoms with van der Waals surface area (Å²) >= 11 is 0. The van der Waals surface area contributed by atoms with Gasteiger partial charge in [0.15, 0.2) is 6.20 Å². The van der Waals surface area contributed by atoms with Gasteiger partial charge < -0.3 is 5.21 Å². The van der Waals surface area contributed by atoms with Gasteiger partial charge in [-0.05, 0) is 24.3 Å². The summed E-state index contributed by atoms with van der Waals surface area (Å²) in [5.74, 6) is -0.227. The maximum absolute atomic E-state index is 11.7. The van der Waals surface area contributed by atoms with Gasteiger partial charge in [-0.2, -0.15) is 4.73 Å². The molecule has 84 valence electrons. The van der Waals surface area contributed by atoms with Gasteiger partial charge in [-0.3, -0.25) is 9.78 Å². The van der Waals surface area contributed by atoms with Crippen molar-refractivity contribution in [2.75, 3.05) is 0 Å². The lowest BCUT2D eigenvalue weighted by Gasteiger charge is -1.98. The van der Waals surface area contributed by atoms with E-state index in [1.807, 2.05) is 0 Å². The van der Waals surface area contributed by atoms with Crippen LogP contribution in [0.1, 0.15) is 16.2 Å². The largest absolute Gasteiger partial charge is 0.618 e. The standard InChI is InChI=1S/C13H10N2O2/c16-13(12-6-1-3-9-14-12)8-7-11-5-2-4-10-15(11)17/h1-10H/b8-7+. The third-order valence-corrected chi connectivity index (χ3v) is 2.18. The van der Waals surface area contributed by atoms with Crippen molar-refractivity contribution < 1.29 is 9.52 Å². The van der Waals surface area contributed by atoms with Crippen LogP contribution in [0.4, 0.5) is 0 Å². The van der Waals surface area contributed by atoms with E-state index < -0.39 is 0 Å². The summed E-state index contributed by atoms with van der Waals surface area (Å²) in [5, 5.41) is 11.3. The number of carbonyl (C=O) groups excluding carboxylic acids is 1. The van der Waals surface area contributed by atoms with Gasteiger partial charge in [-0.15, -0.1) is 0 Å². The number of nitrogens with zero attached hydrogens (tertiary/aromatic N) is 2. The normalized spacial score (nSPS) is 10.6. The van der Waals surface area contributed by atoms with Crippen LogP contribution >= 0.6 is 0 Å². The van der Waals surface area contributed by atoms with Crippen molar-refractivity contribution in [1.82, 2.24) is 4.98 Å². The molecule has 0 saturated heterocycles. The first-order valence-electron chi connectivity index (χ1n) is 5.09. The monoisotopic (exact) mass is 226 g/mol. The first kappa shape index (κ1) is 11.0. The van der Waals surface area contributed by atoms with Gasteiger partial charge in [0, 0.05) is 24.4 Å². The zero-order valence-electron chi connectivity index (χ0n) is 8.98. The van der Waals surface area contributed by atoms with Crippen LogP contribution in [0.5, 0.6) is 0 Å². The zero-order valence-corrected chi connectivity index (χ0v) is 8.98. The van der Waals surface area contributed by atoms with Crippen molar-refractivity contribution in [3.05, 3.63) is 71.5 Å². The molecule has 0 aliphatic carbocycles. The van der Waals surface area contributed by atoms with E-state index in [9.17, 15) is 10.0 Å². The molecule has 2 rings (SSSR count). The lowest BCUT2D eigenvalue weighted by Crippen LogP contribution is -2.28. The van der Waals surface area contributed by atoms with E-state index in [1.54, 1.807) is 42.6 Å². The predicted octanol–water partition coefficient (Wildman–Crippen LogP) is 1.61. The van der Waals surface area contributed by atoms with E-state index in [4.69, 9.17) is 0 Å². The highest BCUT2D eigenvalue weighted by Crippen LogP contribution is 2.00. The molecule has 2 aromatic heterocycles. The van der Waals surface area contributed by atoms with E-state index in [0.717, 1.165) is 0 Å². The van der Waals surface area contributed by atoms with Crippen LogP contribution in [0.25, 0.3) is 6.08 Å². The summed E-state index contributed by atoms with van der Waals surface area (Å²) in [4.78, 5) is 15.6. The molecule has 0 bridgehead atoms. The Morgan fingerprint density at radius 2 is 2.06 bits per heavy atom. The van der Waals surface area contributed by atoms with Gasteiger partial charge in [0.05, 0.1) is 0 Å². The summed E-state index contributed by atoms with van der Waals surface area (Å²) in [6.07, 6.45) is 5.75. The molecule has 2 heterocycles. The minimum absolute atomic E-state index is 0.227. The lowest BCUT2D eigenvalue weighted by molar-refractivity contribution is -0.607. The highest BCUT2D eigenvalue weighted by atomic mass is 16.5. The minimum atomic E-state index is -0.227. The number of hydrogen-bond acceptors (Lipinski definition) is 3. The van der Waals surface area contributed by atoms with Crippen molar-refractivity contribution in [1.29, 1.82) is 0 Å². The Kier molecular flexibility index (Phi) is 3.25. The fourth-order valence-corrected chi connectivity index (χ4v) is 1.33. The summed E-state index contributed by atoms with van der Waals surface area (Å²) in [5.41, 5.74) is 0.772. The summed E-state index contributed by atoms with van der Waals surface area (Å²) in [7, 11) is 0. The van der Waals surface area contributed by atoms with E-state index in [2.05, 4.69) is 4.98 Å². The van der Waals surface area contributed by atoms with Crippen molar-refractivity contribution in [3.8, 4) is 0 Å². The smallest absolute Gasteiger partial charge is 0.216 e. The Morgan fingerprint density at radius 3 is 2.76 bits per heavy atom. The molecule has 0 saturated carbocycles. The van der Waals surface area contributed by atoms with Crippen LogP contribution in [-0.4, -0.2) is 10.8 Å².